The van der Waals surface area contributed by atoms with Crippen molar-refractivity contribution in [2.75, 3.05) is 13.1 Å². The Bertz CT molecular complexity index is 1200. The zero-order chi connectivity index (χ0) is 21.8. The molecule has 160 valence electrons. The van der Waals surface area contributed by atoms with Crippen molar-refractivity contribution in [3.63, 3.8) is 0 Å². The van der Waals surface area contributed by atoms with Crippen molar-refractivity contribution in [3.8, 4) is 5.75 Å². The van der Waals surface area contributed by atoms with Crippen LogP contribution in [0.2, 0.25) is 0 Å². The standard InChI is InChI=1S/C25H26N2O4/c1-15-4-5-22-18(11-15)20(26-31-22)13-23(29)27-8-6-25(7-9-27)14-21(28)19-12-16(2)10-17(3)24(19)30-25/h4-5,10-12H,6-9,13-14H2,1-3H3. The van der Waals surface area contributed by atoms with Crippen LogP contribution in [0.1, 0.15) is 52.0 Å². The molecule has 0 saturated carbocycles. The highest BCUT2D eigenvalue weighted by Crippen LogP contribution is 2.41. The number of aryl methyl sites for hydroxylation is 3. The Morgan fingerprint density at radius 3 is 2.65 bits per heavy atom. The van der Waals surface area contributed by atoms with Crippen LogP contribution in [0.15, 0.2) is 34.9 Å². The van der Waals surface area contributed by atoms with E-state index in [1.807, 2.05) is 56.0 Å². The van der Waals surface area contributed by atoms with Crippen LogP contribution in [0.25, 0.3) is 11.0 Å². The number of likely N-dealkylation sites (tertiary alicyclic amines) is 1. The maximum absolute atomic E-state index is 13.0. The molecule has 6 heteroatoms. The van der Waals surface area contributed by atoms with Crippen molar-refractivity contribution in [1.29, 1.82) is 0 Å². The molecule has 0 atom stereocenters. The van der Waals surface area contributed by atoms with Crippen LogP contribution in [-0.4, -0.2) is 40.4 Å². The topological polar surface area (TPSA) is 72.6 Å². The lowest BCUT2D eigenvalue weighted by Crippen LogP contribution is -2.52. The number of ketones is 1. The van der Waals surface area contributed by atoms with Gasteiger partial charge >= 0.3 is 0 Å². The predicted octanol–water partition coefficient (Wildman–Crippen LogP) is 4.32. The van der Waals surface area contributed by atoms with Gasteiger partial charge in [0.15, 0.2) is 11.4 Å². The van der Waals surface area contributed by atoms with Gasteiger partial charge in [-0.2, -0.15) is 0 Å². The smallest absolute Gasteiger partial charge is 0.228 e. The predicted molar refractivity (Wildman–Crippen MR) is 116 cm³/mol. The average molecular weight is 418 g/mol. The van der Waals surface area contributed by atoms with E-state index in [9.17, 15) is 9.59 Å². The molecule has 1 spiro atoms. The summed E-state index contributed by atoms with van der Waals surface area (Å²) in [5.74, 6) is 0.879. The molecule has 6 nitrogen and oxygen atoms in total. The van der Waals surface area contributed by atoms with Gasteiger partial charge in [0.25, 0.3) is 0 Å². The van der Waals surface area contributed by atoms with E-state index in [0.717, 1.165) is 22.1 Å². The maximum Gasteiger partial charge on any atom is 0.228 e. The molecule has 2 aliphatic rings. The molecule has 5 rings (SSSR count). The second kappa shape index (κ2) is 7.22. The zero-order valence-electron chi connectivity index (χ0n) is 18.2. The molecular formula is C25H26N2O4. The monoisotopic (exact) mass is 418 g/mol. The summed E-state index contributed by atoms with van der Waals surface area (Å²) in [5, 5.41) is 5.01. The Labute approximate surface area is 181 Å². The van der Waals surface area contributed by atoms with Gasteiger partial charge in [-0.15, -0.1) is 0 Å². The highest BCUT2D eigenvalue weighted by Gasteiger charge is 2.44. The first-order valence-electron chi connectivity index (χ1n) is 10.8. The summed E-state index contributed by atoms with van der Waals surface area (Å²) in [6, 6.07) is 9.82. The van der Waals surface area contributed by atoms with Gasteiger partial charge in [-0.25, -0.2) is 0 Å². The van der Waals surface area contributed by atoms with Gasteiger partial charge in [0.1, 0.15) is 17.0 Å². The number of rotatable bonds is 2. The molecule has 2 aliphatic heterocycles. The minimum Gasteiger partial charge on any atom is -0.486 e. The zero-order valence-corrected chi connectivity index (χ0v) is 18.2. The molecule has 0 N–H and O–H groups in total. The Hall–Kier alpha value is -3.15. The number of benzene rings is 2. The molecule has 3 aromatic rings. The van der Waals surface area contributed by atoms with Crippen LogP contribution in [0.3, 0.4) is 0 Å². The Morgan fingerprint density at radius 2 is 1.87 bits per heavy atom. The normalized spacial score (nSPS) is 17.6. The fourth-order valence-corrected chi connectivity index (χ4v) is 4.86. The first kappa shape index (κ1) is 19.8. The maximum atomic E-state index is 13.0. The van der Waals surface area contributed by atoms with Gasteiger partial charge in [-0.1, -0.05) is 22.9 Å². The number of ether oxygens (including phenoxy) is 1. The van der Waals surface area contributed by atoms with Crippen LogP contribution in [-0.2, 0) is 11.2 Å². The van der Waals surface area contributed by atoms with E-state index >= 15 is 0 Å². The minimum absolute atomic E-state index is 0.0286. The number of aromatic nitrogens is 1. The van der Waals surface area contributed by atoms with Crippen LogP contribution >= 0.6 is 0 Å². The Balaban J connectivity index is 1.29. The molecule has 0 radical (unpaired) electrons. The highest BCUT2D eigenvalue weighted by atomic mass is 16.5. The minimum atomic E-state index is -0.515. The van der Waals surface area contributed by atoms with Crippen LogP contribution in [0.5, 0.6) is 5.75 Å². The van der Waals surface area contributed by atoms with Crippen molar-refractivity contribution in [2.45, 2.75) is 52.1 Å². The number of Topliss-reactive ketones (excluding diaryl/α,β-unsaturated/α-hetero) is 1. The van der Waals surface area contributed by atoms with E-state index in [-0.39, 0.29) is 18.1 Å². The van der Waals surface area contributed by atoms with Crippen LogP contribution in [0, 0.1) is 20.8 Å². The molecule has 1 amide bonds. The number of piperidine rings is 1. The van der Waals surface area contributed by atoms with E-state index < -0.39 is 5.60 Å². The lowest BCUT2D eigenvalue weighted by Gasteiger charge is -2.44. The van der Waals surface area contributed by atoms with Crippen LogP contribution < -0.4 is 4.74 Å². The summed E-state index contributed by atoms with van der Waals surface area (Å²) in [5.41, 5.74) is 4.72. The summed E-state index contributed by atoms with van der Waals surface area (Å²) < 4.78 is 11.8. The highest BCUT2D eigenvalue weighted by molar-refractivity contribution is 6.01. The number of carbonyl (C=O) groups excluding carboxylic acids is 2. The summed E-state index contributed by atoms with van der Waals surface area (Å²) in [7, 11) is 0. The lowest BCUT2D eigenvalue weighted by molar-refractivity contribution is -0.134. The van der Waals surface area contributed by atoms with Gasteiger partial charge in [0.05, 0.1) is 18.4 Å². The van der Waals surface area contributed by atoms with Gasteiger partial charge in [-0.05, 0) is 50.1 Å². The SMILES string of the molecule is Cc1cc(C)c2c(c1)C(=O)CC1(CCN(C(=O)Cc3noc4ccc(C)cc34)CC1)O2. The van der Waals surface area contributed by atoms with Crippen molar-refractivity contribution >= 4 is 22.7 Å². The summed E-state index contributed by atoms with van der Waals surface area (Å²) >= 11 is 0. The fraction of sp³-hybridized carbons (Fsp3) is 0.400. The molecule has 0 bridgehead atoms. The number of hydrogen-bond donors (Lipinski definition) is 0. The first-order valence-corrected chi connectivity index (χ1v) is 10.8. The molecule has 1 saturated heterocycles. The van der Waals surface area contributed by atoms with Crippen molar-refractivity contribution in [2.24, 2.45) is 0 Å². The Kier molecular flexibility index (Phi) is 4.61. The number of nitrogens with zero attached hydrogens (tertiary/aromatic N) is 2. The number of hydrogen-bond acceptors (Lipinski definition) is 5. The van der Waals surface area contributed by atoms with E-state index in [4.69, 9.17) is 9.26 Å². The third kappa shape index (κ3) is 3.50. The molecule has 0 unspecified atom stereocenters. The second-order valence-electron chi connectivity index (χ2n) is 9.03. The molecule has 1 fully saturated rings. The first-order chi connectivity index (χ1) is 14.8. The van der Waals surface area contributed by atoms with Gasteiger partial charge < -0.3 is 14.2 Å². The summed E-state index contributed by atoms with van der Waals surface area (Å²) in [6.07, 6.45) is 1.88. The number of carbonyl (C=O) groups is 2. The van der Waals surface area contributed by atoms with E-state index in [1.54, 1.807) is 0 Å². The molecule has 0 aliphatic carbocycles. The quantitative estimate of drug-likeness (QED) is 0.620. The Morgan fingerprint density at radius 1 is 1.10 bits per heavy atom. The van der Waals surface area contributed by atoms with Gasteiger partial charge in [-0.3, -0.25) is 9.59 Å². The lowest BCUT2D eigenvalue weighted by atomic mass is 9.81. The van der Waals surface area contributed by atoms with E-state index in [2.05, 4.69) is 5.16 Å². The fourth-order valence-electron chi connectivity index (χ4n) is 4.86. The average Bonchev–Trinajstić information content (AvgIpc) is 3.11. The van der Waals surface area contributed by atoms with Crippen molar-refractivity contribution in [1.82, 2.24) is 10.1 Å². The van der Waals surface area contributed by atoms with Crippen LogP contribution in [0.4, 0.5) is 0 Å². The third-order valence-electron chi connectivity index (χ3n) is 6.57. The summed E-state index contributed by atoms with van der Waals surface area (Å²) in [6.45, 7) is 7.13. The number of amides is 1. The van der Waals surface area contributed by atoms with E-state index in [0.29, 0.717) is 54.9 Å². The molecular weight excluding hydrogens is 392 g/mol. The summed E-state index contributed by atoms with van der Waals surface area (Å²) in [4.78, 5) is 27.7. The number of fused-ring (bicyclic) bond motifs is 2. The van der Waals surface area contributed by atoms with Crippen molar-refractivity contribution < 1.29 is 18.8 Å². The largest absolute Gasteiger partial charge is 0.486 e. The van der Waals surface area contributed by atoms with Gasteiger partial charge in [0, 0.05) is 31.3 Å². The molecule has 2 aromatic carbocycles. The van der Waals surface area contributed by atoms with E-state index in [1.165, 1.54) is 0 Å². The second-order valence-corrected chi connectivity index (χ2v) is 9.03. The molecule has 1 aromatic heterocycles. The molecule has 3 heterocycles. The third-order valence-corrected chi connectivity index (χ3v) is 6.57. The van der Waals surface area contributed by atoms with Gasteiger partial charge in [0.2, 0.25) is 5.91 Å². The molecule has 31 heavy (non-hydrogen) atoms. The van der Waals surface area contributed by atoms with Crippen molar-refractivity contribution in [3.05, 3.63) is 58.3 Å².